The van der Waals surface area contributed by atoms with Gasteiger partial charge in [-0.2, -0.15) is 8.78 Å². The number of allylic oxidation sites excluding steroid dienone is 4. The molecule has 0 fully saturated rings. The SMILES string of the molecule is CCN(CC)C(=O)C(F)(F)OC1=CC(F)=CCC1C. The molecule has 108 valence electrons. The Bertz CT molecular complexity index is 401. The van der Waals surface area contributed by atoms with Crippen molar-refractivity contribution in [1.82, 2.24) is 4.90 Å². The van der Waals surface area contributed by atoms with Crippen LogP contribution in [0.25, 0.3) is 0 Å². The molecule has 0 N–H and O–H groups in total. The van der Waals surface area contributed by atoms with Gasteiger partial charge in [-0.1, -0.05) is 6.92 Å². The molecule has 1 aliphatic rings. The summed E-state index contributed by atoms with van der Waals surface area (Å²) in [6.45, 7) is 5.16. The molecule has 0 aromatic heterocycles. The molecule has 1 amide bonds. The zero-order valence-corrected chi connectivity index (χ0v) is 11.3. The Labute approximate surface area is 110 Å². The van der Waals surface area contributed by atoms with Crippen molar-refractivity contribution >= 4 is 5.91 Å². The van der Waals surface area contributed by atoms with E-state index in [0.717, 1.165) is 11.0 Å². The highest BCUT2D eigenvalue weighted by Gasteiger charge is 2.45. The fourth-order valence-electron chi connectivity index (χ4n) is 1.76. The summed E-state index contributed by atoms with van der Waals surface area (Å²) in [7, 11) is 0. The molecular weight excluding hydrogens is 259 g/mol. The average molecular weight is 277 g/mol. The second-order valence-corrected chi connectivity index (χ2v) is 4.37. The zero-order chi connectivity index (χ0) is 14.6. The van der Waals surface area contributed by atoms with Gasteiger partial charge in [-0.3, -0.25) is 4.79 Å². The van der Waals surface area contributed by atoms with Gasteiger partial charge in [0.25, 0.3) is 0 Å². The van der Waals surface area contributed by atoms with Gasteiger partial charge in [0.15, 0.2) is 0 Å². The number of hydrogen-bond acceptors (Lipinski definition) is 2. The van der Waals surface area contributed by atoms with Crippen molar-refractivity contribution in [3.63, 3.8) is 0 Å². The van der Waals surface area contributed by atoms with Crippen LogP contribution in [0.5, 0.6) is 0 Å². The lowest BCUT2D eigenvalue weighted by Crippen LogP contribution is -2.45. The number of rotatable bonds is 5. The van der Waals surface area contributed by atoms with Crippen molar-refractivity contribution in [2.24, 2.45) is 5.92 Å². The van der Waals surface area contributed by atoms with Crippen molar-refractivity contribution in [2.75, 3.05) is 13.1 Å². The summed E-state index contributed by atoms with van der Waals surface area (Å²) in [5, 5.41) is 0. The molecule has 6 heteroatoms. The van der Waals surface area contributed by atoms with Crippen LogP contribution in [0.4, 0.5) is 13.2 Å². The molecule has 19 heavy (non-hydrogen) atoms. The van der Waals surface area contributed by atoms with E-state index in [-0.39, 0.29) is 31.2 Å². The second kappa shape index (κ2) is 6.12. The molecule has 1 rings (SSSR count). The van der Waals surface area contributed by atoms with Gasteiger partial charge < -0.3 is 9.64 Å². The minimum absolute atomic E-state index is 0.164. The number of alkyl halides is 2. The summed E-state index contributed by atoms with van der Waals surface area (Å²) in [4.78, 5) is 12.6. The van der Waals surface area contributed by atoms with Crippen LogP contribution in [0.15, 0.2) is 23.7 Å². The molecule has 0 aromatic carbocycles. The van der Waals surface area contributed by atoms with Crippen LogP contribution in [0, 0.1) is 5.92 Å². The molecule has 0 saturated heterocycles. The molecule has 0 radical (unpaired) electrons. The van der Waals surface area contributed by atoms with E-state index in [1.165, 1.54) is 6.08 Å². The van der Waals surface area contributed by atoms with Crippen LogP contribution >= 0.6 is 0 Å². The first-order valence-corrected chi connectivity index (χ1v) is 6.25. The maximum Gasteiger partial charge on any atom is 0.482 e. The second-order valence-electron chi connectivity index (χ2n) is 4.37. The number of likely N-dealkylation sites (N-methyl/N-ethyl adjacent to an activating group) is 1. The first-order valence-electron chi connectivity index (χ1n) is 6.25. The summed E-state index contributed by atoms with van der Waals surface area (Å²) in [5.41, 5.74) is 0. The lowest BCUT2D eigenvalue weighted by atomic mass is 10.0. The molecule has 0 aromatic rings. The Morgan fingerprint density at radius 2 is 2.05 bits per heavy atom. The van der Waals surface area contributed by atoms with E-state index in [0.29, 0.717) is 0 Å². The third kappa shape index (κ3) is 3.75. The molecule has 3 nitrogen and oxygen atoms in total. The van der Waals surface area contributed by atoms with Gasteiger partial charge >= 0.3 is 12.0 Å². The maximum absolute atomic E-state index is 13.7. The molecular formula is C13H18F3NO2. The highest BCUT2D eigenvalue weighted by molar-refractivity contribution is 5.82. The molecule has 1 atom stereocenters. The minimum atomic E-state index is -3.97. The smallest absolute Gasteiger partial charge is 0.429 e. The standard InChI is InChI=1S/C13H18F3NO2/c1-4-17(5-2)12(18)13(15,16)19-11-8-10(14)7-6-9(11)3/h7-9H,4-6H2,1-3H3. The van der Waals surface area contributed by atoms with Crippen molar-refractivity contribution in [1.29, 1.82) is 0 Å². The van der Waals surface area contributed by atoms with Crippen molar-refractivity contribution in [2.45, 2.75) is 33.3 Å². The van der Waals surface area contributed by atoms with E-state index in [2.05, 4.69) is 4.74 Å². The number of amides is 1. The van der Waals surface area contributed by atoms with Crippen LogP contribution in [-0.2, 0) is 9.53 Å². The molecule has 1 aliphatic carbocycles. The fourth-order valence-corrected chi connectivity index (χ4v) is 1.76. The number of halogens is 3. The van der Waals surface area contributed by atoms with Gasteiger partial charge in [0.2, 0.25) is 0 Å². The van der Waals surface area contributed by atoms with Gasteiger partial charge in [0.05, 0.1) is 0 Å². The van der Waals surface area contributed by atoms with E-state index in [1.807, 2.05) is 0 Å². The third-order valence-electron chi connectivity index (χ3n) is 2.98. The first-order chi connectivity index (χ1) is 8.81. The summed E-state index contributed by atoms with van der Waals surface area (Å²) in [5.74, 6) is -2.61. The molecule has 1 unspecified atom stereocenters. The number of hydrogen-bond donors (Lipinski definition) is 0. The Morgan fingerprint density at radius 1 is 1.47 bits per heavy atom. The van der Waals surface area contributed by atoms with E-state index in [4.69, 9.17) is 0 Å². The minimum Gasteiger partial charge on any atom is -0.429 e. The zero-order valence-electron chi connectivity index (χ0n) is 11.3. The van der Waals surface area contributed by atoms with E-state index in [9.17, 15) is 18.0 Å². The van der Waals surface area contributed by atoms with Crippen molar-refractivity contribution in [3.8, 4) is 0 Å². The predicted molar refractivity (Wildman–Crippen MR) is 65.0 cm³/mol. The van der Waals surface area contributed by atoms with Crippen LogP contribution in [-0.4, -0.2) is 30.0 Å². The summed E-state index contributed by atoms with van der Waals surface area (Å²) in [6.07, 6.45) is -1.50. The largest absolute Gasteiger partial charge is 0.482 e. The Morgan fingerprint density at radius 3 is 2.58 bits per heavy atom. The summed E-state index contributed by atoms with van der Waals surface area (Å²) >= 11 is 0. The number of carbonyl (C=O) groups is 1. The highest BCUT2D eigenvalue weighted by Crippen LogP contribution is 2.31. The van der Waals surface area contributed by atoms with Gasteiger partial charge in [-0.15, -0.1) is 0 Å². The van der Waals surface area contributed by atoms with Gasteiger partial charge in [0.1, 0.15) is 11.6 Å². The third-order valence-corrected chi connectivity index (χ3v) is 2.98. The number of nitrogens with zero attached hydrogens (tertiary/aromatic N) is 1. The van der Waals surface area contributed by atoms with Crippen LogP contribution in [0.2, 0.25) is 0 Å². The van der Waals surface area contributed by atoms with Crippen LogP contribution in [0.3, 0.4) is 0 Å². The number of ether oxygens (including phenoxy) is 1. The Hall–Kier alpha value is -1.46. The van der Waals surface area contributed by atoms with Crippen LogP contribution < -0.4 is 0 Å². The quantitative estimate of drug-likeness (QED) is 0.772. The molecule has 0 heterocycles. The van der Waals surface area contributed by atoms with E-state index < -0.39 is 17.8 Å². The average Bonchev–Trinajstić information content (AvgIpc) is 2.35. The molecule has 0 aliphatic heterocycles. The van der Waals surface area contributed by atoms with Crippen molar-refractivity contribution < 1.29 is 22.7 Å². The fraction of sp³-hybridized carbons (Fsp3) is 0.615. The van der Waals surface area contributed by atoms with E-state index in [1.54, 1.807) is 20.8 Å². The van der Waals surface area contributed by atoms with Gasteiger partial charge in [-0.25, -0.2) is 4.39 Å². The summed E-state index contributed by atoms with van der Waals surface area (Å²) in [6, 6.07) is 0. The first kappa shape index (κ1) is 15.6. The monoisotopic (exact) mass is 277 g/mol. The van der Waals surface area contributed by atoms with Gasteiger partial charge in [-0.05, 0) is 26.3 Å². The van der Waals surface area contributed by atoms with Gasteiger partial charge in [0, 0.05) is 25.1 Å². The maximum atomic E-state index is 13.7. The molecule has 0 saturated carbocycles. The topological polar surface area (TPSA) is 29.5 Å². The molecule has 0 bridgehead atoms. The highest BCUT2D eigenvalue weighted by atomic mass is 19.3. The van der Waals surface area contributed by atoms with E-state index >= 15 is 0 Å². The number of carbonyl (C=O) groups excluding carboxylic acids is 1. The van der Waals surface area contributed by atoms with Crippen molar-refractivity contribution in [3.05, 3.63) is 23.7 Å². The molecule has 0 spiro atoms. The Balaban J connectivity index is 2.84. The normalized spacial score (nSPS) is 19.6. The van der Waals surface area contributed by atoms with Crippen LogP contribution in [0.1, 0.15) is 27.2 Å². The summed E-state index contributed by atoms with van der Waals surface area (Å²) < 4.78 is 45.0. The predicted octanol–water partition coefficient (Wildman–Crippen LogP) is 3.24. The Kier molecular flexibility index (Phi) is 5.03. The lowest BCUT2D eigenvalue weighted by molar-refractivity contribution is -0.226. The lowest BCUT2D eigenvalue weighted by Gasteiger charge is -2.27.